The summed E-state index contributed by atoms with van der Waals surface area (Å²) in [5.74, 6) is -1.52. The maximum atomic E-state index is 14.7. The van der Waals surface area contributed by atoms with Crippen LogP contribution in [-0.2, 0) is 25.5 Å². The fraction of sp³-hybridized carbons (Fsp3) is 0.478. The van der Waals surface area contributed by atoms with Crippen molar-refractivity contribution in [2.75, 3.05) is 18.4 Å². The van der Waals surface area contributed by atoms with Gasteiger partial charge in [0, 0.05) is 53.8 Å². The van der Waals surface area contributed by atoms with Gasteiger partial charge in [0.15, 0.2) is 5.78 Å². The van der Waals surface area contributed by atoms with Gasteiger partial charge >= 0.3 is 12.2 Å². The van der Waals surface area contributed by atoms with E-state index in [2.05, 4.69) is 5.32 Å². The number of fused-ring (bicyclic) bond motifs is 5. The third-order valence-electron chi connectivity index (χ3n) is 12.3. The number of carbonyl (C=O) groups excluding carboxylic acids is 4. The molecule has 59 heavy (non-hydrogen) atoms. The average molecular weight is 809 g/mol. The number of hydrogen-bond donors (Lipinski definition) is 1. The van der Waals surface area contributed by atoms with Crippen molar-refractivity contribution in [2.24, 2.45) is 10.8 Å². The number of amides is 3. The van der Waals surface area contributed by atoms with Crippen molar-refractivity contribution in [1.82, 2.24) is 14.4 Å². The molecular formula is C46H50F2N4O7. The van der Waals surface area contributed by atoms with E-state index >= 15 is 0 Å². The molecule has 5 aliphatic rings. The highest BCUT2D eigenvalue weighted by Crippen LogP contribution is 2.56. The average Bonchev–Trinajstić information content (AvgIpc) is 3.92. The van der Waals surface area contributed by atoms with Gasteiger partial charge in [-0.05, 0) is 139 Å². The number of ether oxygens (including phenoxy) is 3. The van der Waals surface area contributed by atoms with Gasteiger partial charge in [0.25, 0.3) is 0 Å². The molecule has 4 heterocycles. The summed E-state index contributed by atoms with van der Waals surface area (Å²) in [6.45, 7) is 11.8. The predicted molar refractivity (Wildman–Crippen MR) is 216 cm³/mol. The topological polar surface area (TPSA) is 119 Å². The van der Waals surface area contributed by atoms with Crippen molar-refractivity contribution < 1.29 is 42.2 Å². The van der Waals surface area contributed by atoms with E-state index in [1.807, 2.05) is 55.7 Å². The highest BCUT2D eigenvalue weighted by atomic mass is 19.1. The van der Waals surface area contributed by atoms with Gasteiger partial charge in [-0.3, -0.25) is 19.4 Å². The van der Waals surface area contributed by atoms with Crippen molar-refractivity contribution in [3.05, 3.63) is 83.4 Å². The molecule has 11 nitrogen and oxygen atoms in total. The summed E-state index contributed by atoms with van der Waals surface area (Å²) >= 11 is 0. The number of likely N-dealkylation sites (tertiary alicyclic amines) is 2. The number of halogens is 2. The first-order valence-corrected chi connectivity index (χ1v) is 20.5. The lowest BCUT2D eigenvalue weighted by atomic mass is 9.97. The molecular weight excluding hydrogens is 759 g/mol. The summed E-state index contributed by atoms with van der Waals surface area (Å²) in [6, 6.07) is 14.9. The number of nitrogens with one attached hydrogen (secondary N) is 1. The van der Waals surface area contributed by atoms with E-state index in [9.17, 15) is 28.0 Å². The lowest BCUT2D eigenvalue weighted by molar-refractivity contribution is -0.122. The number of rotatable bonds is 6. The minimum absolute atomic E-state index is 0.0135. The third-order valence-corrected chi connectivity index (χ3v) is 12.3. The van der Waals surface area contributed by atoms with E-state index < -0.39 is 53.3 Å². The minimum atomic E-state index is -0.985. The van der Waals surface area contributed by atoms with Crippen molar-refractivity contribution in [2.45, 2.75) is 116 Å². The molecule has 310 valence electrons. The molecule has 13 heteroatoms. The molecule has 3 aliphatic heterocycles. The molecule has 2 aliphatic carbocycles. The van der Waals surface area contributed by atoms with E-state index in [0.717, 1.165) is 48.2 Å². The fourth-order valence-corrected chi connectivity index (χ4v) is 9.15. The summed E-state index contributed by atoms with van der Waals surface area (Å²) in [5.41, 5.74) is 2.08. The molecule has 4 aromatic rings. The van der Waals surface area contributed by atoms with Crippen molar-refractivity contribution in [3.8, 4) is 17.0 Å². The zero-order valence-corrected chi connectivity index (χ0v) is 34.3. The molecule has 9 rings (SSSR count). The van der Waals surface area contributed by atoms with Crippen molar-refractivity contribution in [1.29, 1.82) is 0 Å². The van der Waals surface area contributed by atoms with E-state index in [0.29, 0.717) is 48.6 Å². The number of benzene rings is 3. The molecule has 1 N–H and O–H groups in total. The van der Waals surface area contributed by atoms with Gasteiger partial charge in [0.2, 0.25) is 12.1 Å². The molecule has 2 saturated heterocycles. The largest absolute Gasteiger partial charge is 0.465 e. The Balaban J connectivity index is 1.01. The molecule has 0 radical (unpaired) electrons. The summed E-state index contributed by atoms with van der Waals surface area (Å²) in [7, 11) is 0. The molecule has 3 amide bonds. The summed E-state index contributed by atoms with van der Waals surface area (Å²) in [5, 5.41) is 3.77. The van der Waals surface area contributed by atoms with E-state index in [1.54, 1.807) is 37.8 Å². The Morgan fingerprint density at radius 2 is 1.36 bits per heavy atom. The number of nitrogens with zero attached hydrogens (tertiary/aromatic N) is 3. The van der Waals surface area contributed by atoms with Crippen LogP contribution >= 0.6 is 0 Å². The minimum Gasteiger partial charge on any atom is -0.465 e. The SMILES string of the molecule is CC(C)(C)OC(=O)N1CC2(CC2)C[C@H]1C(=O)Cc1ccc2c(c1)cc1n2C(c2cc(F)cc(F)c2)Oc2cc(NC(=O)[C@@H]3CC4(CC4)CN3C(=O)OC(C)(C)C)ccc2-1. The predicted octanol–water partition coefficient (Wildman–Crippen LogP) is 9.16. The number of carbonyl (C=O) groups is 4. The van der Waals surface area contributed by atoms with Crippen LogP contribution in [0.15, 0.2) is 60.7 Å². The van der Waals surface area contributed by atoms with Crippen LogP contribution in [0.25, 0.3) is 22.2 Å². The maximum absolute atomic E-state index is 14.7. The Morgan fingerprint density at radius 1 is 0.763 bits per heavy atom. The number of hydrogen-bond acceptors (Lipinski definition) is 7. The Kier molecular flexibility index (Phi) is 8.95. The second-order valence-electron chi connectivity index (χ2n) is 19.5. The van der Waals surface area contributed by atoms with E-state index in [-0.39, 0.29) is 34.5 Å². The van der Waals surface area contributed by atoms with E-state index in [1.165, 1.54) is 17.0 Å². The van der Waals surface area contributed by atoms with Gasteiger partial charge in [-0.2, -0.15) is 0 Å². The second kappa shape index (κ2) is 13.5. The first kappa shape index (κ1) is 39.0. The van der Waals surface area contributed by atoms with Gasteiger partial charge in [0.05, 0.1) is 17.3 Å². The van der Waals surface area contributed by atoms with Gasteiger partial charge in [-0.25, -0.2) is 18.4 Å². The Bertz CT molecular complexity index is 2400. The monoisotopic (exact) mass is 808 g/mol. The second-order valence-corrected chi connectivity index (χ2v) is 19.5. The molecule has 0 bridgehead atoms. The molecule has 3 atom stereocenters. The lowest BCUT2D eigenvalue weighted by Gasteiger charge is -2.31. The lowest BCUT2D eigenvalue weighted by Crippen LogP contribution is -2.45. The van der Waals surface area contributed by atoms with Gasteiger partial charge in [0.1, 0.15) is 34.6 Å². The van der Waals surface area contributed by atoms with Crippen molar-refractivity contribution >= 4 is 40.5 Å². The molecule has 2 spiro atoms. The first-order valence-electron chi connectivity index (χ1n) is 20.5. The number of ketones is 1. The Hall–Kier alpha value is -5.46. The smallest absolute Gasteiger partial charge is 0.410 e. The zero-order valence-electron chi connectivity index (χ0n) is 34.3. The molecule has 1 unspecified atom stereocenters. The van der Waals surface area contributed by atoms with Crippen LogP contribution in [0.3, 0.4) is 0 Å². The molecule has 4 fully saturated rings. The van der Waals surface area contributed by atoms with Crippen LogP contribution in [0.5, 0.6) is 5.75 Å². The Labute approximate surface area is 341 Å². The van der Waals surface area contributed by atoms with Gasteiger partial charge in [-0.1, -0.05) is 6.07 Å². The summed E-state index contributed by atoms with van der Waals surface area (Å²) < 4.78 is 49.3. The third kappa shape index (κ3) is 7.64. The summed E-state index contributed by atoms with van der Waals surface area (Å²) in [6.07, 6.45) is 3.18. The standard InChI is InChI=1S/C46H50F2N4O7/c1-43(2,3)58-41(55)50-24-45(11-12-45)22-35(50)37(53)16-26-7-10-33-27(15-26)19-34-32-9-8-31(21-38(32)57-40(52(33)34)28-17-29(47)20-30(48)18-28)49-39(54)36-23-46(13-14-46)25-51(36)42(56)59-44(4,5)6/h7-10,15,17-21,35-36,40H,11-14,16,22-25H2,1-6H3,(H,49,54)/t35-,36-,40?/m0/s1. The molecule has 2 saturated carbocycles. The maximum Gasteiger partial charge on any atom is 0.410 e. The molecule has 1 aromatic heterocycles. The van der Waals surface area contributed by atoms with Crippen molar-refractivity contribution in [3.63, 3.8) is 0 Å². The van der Waals surface area contributed by atoms with Crippen LogP contribution in [-0.4, -0.2) is 74.6 Å². The number of Topliss-reactive ketones (excluding diaryl/α,β-unsaturated/α-hetero) is 1. The number of aromatic nitrogens is 1. The van der Waals surface area contributed by atoms with Crippen LogP contribution in [0, 0.1) is 22.5 Å². The highest BCUT2D eigenvalue weighted by Gasteiger charge is 2.57. The van der Waals surface area contributed by atoms with Crippen LogP contribution in [0.4, 0.5) is 24.1 Å². The summed E-state index contributed by atoms with van der Waals surface area (Å²) in [4.78, 5) is 57.3. The molecule has 3 aromatic carbocycles. The zero-order chi connectivity index (χ0) is 41.8. The first-order chi connectivity index (χ1) is 27.8. The van der Waals surface area contributed by atoms with Crippen LogP contribution in [0.1, 0.15) is 97.4 Å². The quantitative estimate of drug-likeness (QED) is 0.206. The normalized spacial score (nSPS) is 22.2. The Morgan fingerprint density at radius 3 is 1.95 bits per heavy atom. The number of anilines is 1. The van der Waals surface area contributed by atoms with Gasteiger partial charge in [-0.15, -0.1) is 0 Å². The van der Waals surface area contributed by atoms with Crippen LogP contribution in [0.2, 0.25) is 0 Å². The van der Waals surface area contributed by atoms with E-state index in [4.69, 9.17) is 14.2 Å². The highest BCUT2D eigenvalue weighted by molar-refractivity contribution is 5.98. The van der Waals surface area contributed by atoms with Crippen LogP contribution < -0.4 is 10.1 Å². The van der Waals surface area contributed by atoms with Gasteiger partial charge < -0.3 is 24.1 Å². The fourth-order valence-electron chi connectivity index (χ4n) is 9.15.